The minimum atomic E-state index is -0.461. The van der Waals surface area contributed by atoms with Gasteiger partial charge in [0.05, 0.1) is 22.1 Å². The number of carbonyl (C=O) groups is 1. The minimum absolute atomic E-state index is 0.257. The number of anilines is 1. The number of fused-ring (bicyclic) bond motifs is 1. The van der Waals surface area contributed by atoms with Gasteiger partial charge in [0, 0.05) is 10.2 Å². The first-order valence-electron chi connectivity index (χ1n) is 10.0. The van der Waals surface area contributed by atoms with Crippen LogP contribution in [-0.4, -0.2) is 28.4 Å². The van der Waals surface area contributed by atoms with Crippen LogP contribution in [0.5, 0.6) is 5.75 Å². The van der Waals surface area contributed by atoms with E-state index in [-0.39, 0.29) is 17.2 Å². The van der Waals surface area contributed by atoms with E-state index in [9.17, 15) is 14.0 Å². The summed E-state index contributed by atoms with van der Waals surface area (Å²) >= 11 is 9.64. The summed E-state index contributed by atoms with van der Waals surface area (Å²) in [7, 11) is 0. The number of carbonyl (C=O) groups excluding carboxylic acids is 1. The van der Waals surface area contributed by atoms with Crippen LogP contribution < -0.4 is 15.6 Å². The lowest BCUT2D eigenvalue weighted by Gasteiger charge is -2.09. The first-order chi connectivity index (χ1) is 16.3. The molecule has 4 aromatic rings. The number of ether oxygens (including phenoxy) is 1. The molecule has 10 heteroatoms. The van der Waals surface area contributed by atoms with Crippen molar-refractivity contribution in [3.8, 4) is 5.75 Å². The fourth-order valence-electron chi connectivity index (χ4n) is 3.14. The minimum Gasteiger partial charge on any atom is -0.482 e. The predicted molar refractivity (Wildman–Crippen MR) is 133 cm³/mol. The third kappa shape index (κ3) is 5.49. The molecule has 0 fully saturated rings. The second kappa shape index (κ2) is 10.1. The topological polar surface area (TPSA) is 85.6 Å². The lowest BCUT2D eigenvalue weighted by molar-refractivity contribution is -0.118. The van der Waals surface area contributed by atoms with Crippen LogP contribution in [0.15, 0.2) is 75.0 Å². The average molecular weight is 544 g/mol. The highest BCUT2D eigenvalue weighted by Crippen LogP contribution is 2.25. The van der Waals surface area contributed by atoms with Crippen molar-refractivity contribution in [1.82, 2.24) is 9.66 Å². The Labute approximate surface area is 207 Å². The molecule has 34 heavy (non-hydrogen) atoms. The van der Waals surface area contributed by atoms with E-state index in [0.29, 0.717) is 33.7 Å². The molecule has 0 aliphatic rings. The van der Waals surface area contributed by atoms with Crippen LogP contribution >= 0.6 is 27.5 Å². The van der Waals surface area contributed by atoms with Gasteiger partial charge in [0.25, 0.3) is 11.5 Å². The summed E-state index contributed by atoms with van der Waals surface area (Å²) in [6, 6.07) is 15.7. The largest absolute Gasteiger partial charge is 0.482 e. The Kier molecular flexibility index (Phi) is 7.04. The highest BCUT2D eigenvalue weighted by molar-refractivity contribution is 9.10. The summed E-state index contributed by atoms with van der Waals surface area (Å²) < 4.78 is 20.7. The predicted octanol–water partition coefficient (Wildman–Crippen LogP) is 5.16. The summed E-state index contributed by atoms with van der Waals surface area (Å²) in [6.07, 6.45) is 1.48. The molecule has 3 aromatic carbocycles. The van der Waals surface area contributed by atoms with E-state index in [0.717, 1.165) is 4.47 Å². The van der Waals surface area contributed by atoms with E-state index in [1.165, 1.54) is 29.1 Å². The first-order valence-corrected chi connectivity index (χ1v) is 11.2. The Morgan fingerprint density at radius 2 is 2.06 bits per heavy atom. The SMILES string of the molecule is Cc1nc2ccc(Br)cc2c(=O)n1N=Cc1ccc(OCC(=O)Nc2cccc(F)c2)c(Cl)c1. The maximum absolute atomic E-state index is 13.2. The molecule has 0 aliphatic carbocycles. The average Bonchev–Trinajstić information content (AvgIpc) is 2.79. The molecule has 172 valence electrons. The number of aryl methyl sites for hydroxylation is 1. The van der Waals surface area contributed by atoms with Gasteiger partial charge in [0.15, 0.2) is 6.61 Å². The number of aromatic nitrogens is 2. The fraction of sp³-hybridized carbons (Fsp3) is 0.0833. The van der Waals surface area contributed by atoms with Crippen LogP contribution in [0, 0.1) is 12.7 Å². The maximum atomic E-state index is 13.2. The van der Waals surface area contributed by atoms with Crippen molar-refractivity contribution < 1.29 is 13.9 Å². The van der Waals surface area contributed by atoms with Crippen LogP contribution in [0.3, 0.4) is 0 Å². The molecule has 0 unspecified atom stereocenters. The summed E-state index contributed by atoms with van der Waals surface area (Å²) in [5.41, 5.74) is 1.23. The molecule has 0 saturated heterocycles. The quantitative estimate of drug-likeness (QED) is 0.341. The van der Waals surface area contributed by atoms with Crippen LogP contribution in [0.4, 0.5) is 10.1 Å². The second-order valence-electron chi connectivity index (χ2n) is 7.22. The van der Waals surface area contributed by atoms with Crippen molar-refractivity contribution in [3.63, 3.8) is 0 Å². The van der Waals surface area contributed by atoms with Gasteiger partial charge >= 0.3 is 0 Å². The molecule has 1 heterocycles. The van der Waals surface area contributed by atoms with Gasteiger partial charge in [-0.15, -0.1) is 0 Å². The van der Waals surface area contributed by atoms with Crippen molar-refractivity contribution in [3.05, 3.63) is 97.7 Å². The highest BCUT2D eigenvalue weighted by atomic mass is 79.9. The highest BCUT2D eigenvalue weighted by Gasteiger charge is 2.09. The number of nitrogens with zero attached hydrogens (tertiary/aromatic N) is 3. The zero-order valence-corrected chi connectivity index (χ0v) is 20.1. The smallest absolute Gasteiger partial charge is 0.282 e. The van der Waals surface area contributed by atoms with E-state index < -0.39 is 11.7 Å². The van der Waals surface area contributed by atoms with Gasteiger partial charge in [0.1, 0.15) is 17.4 Å². The van der Waals surface area contributed by atoms with E-state index in [1.807, 2.05) is 6.07 Å². The van der Waals surface area contributed by atoms with E-state index >= 15 is 0 Å². The first kappa shape index (κ1) is 23.6. The zero-order valence-electron chi connectivity index (χ0n) is 17.8. The Morgan fingerprint density at radius 3 is 2.82 bits per heavy atom. The molecule has 7 nitrogen and oxygen atoms in total. The van der Waals surface area contributed by atoms with Gasteiger partial charge in [-0.05, 0) is 67.1 Å². The molecular formula is C24H17BrClFN4O3. The van der Waals surface area contributed by atoms with Crippen molar-refractivity contribution in [2.24, 2.45) is 5.10 Å². The van der Waals surface area contributed by atoms with Crippen molar-refractivity contribution in [1.29, 1.82) is 0 Å². The molecule has 1 aromatic heterocycles. The van der Waals surface area contributed by atoms with Crippen LogP contribution in [0.1, 0.15) is 11.4 Å². The second-order valence-corrected chi connectivity index (χ2v) is 8.54. The Balaban J connectivity index is 1.46. The molecule has 0 radical (unpaired) electrons. The summed E-state index contributed by atoms with van der Waals surface area (Å²) in [5, 5.41) is 7.50. The maximum Gasteiger partial charge on any atom is 0.282 e. The van der Waals surface area contributed by atoms with Gasteiger partial charge < -0.3 is 10.1 Å². The van der Waals surface area contributed by atoms with E-state index in [1.54, 1.807) is 43.3 Å². The van der Waals surface area contributed by atoms with Gasteiger partial charge in [-0.2, -0.15) is 9.78 Å². The number of nitrogens with one attached hydrogen (secondary N) is 1. The number of benzene rings is 3. The number of halogens is 3. The van der Waals surface area contributed by atoms with Gasteiger partial charge in [0.2, 0.25) is 0 Å². The molecule has 0 atom stereocenters. The number of amides is 1. The lowest BCUT2D eigenvalue weighted by Crippen LogP contribution is -2.20. The molecular weight excluding hydrogens is 527 g/mol. The van der Waals surface area contributed by atoms with Gasteiger partial charge in [-0.3, -0.25) is 9.59 Å². The van der Waals surface area contributed by atoms with Crippen LogP contribution in [0.2, 0.25) is 5.02 Å². The molecule has 1 amide bonds. The van der Waals surface area contributed by atoms with Crippen molar-refractivity contribution in [2.45, 2.75) is 6.92 Å². The molecule has 0 bridgehead atoms. The number of rotatable bonds is 6. The molecule has 0 aliphatic heterocycles. The standard InChI is InChI=1S/C24H17BrClFN4O3/c1-14-29-21-7-6-16(25)10-19(21)24(33)31(14)28-12-15-5-8-22(20(26)9-15)34-13-23(32)30-18-4-2-3-17(27)11-18/h2-12H,13H2,1H3,(H,30,32). The molecule has 4 rings (SSSR count). The molecule has 0 spiro atoms. The van der Waals surface area contributed by atoms with Crippen molar-refractivity contribution in [2.75, 3.05) is 11.9 Å². The van der Waals surface area contributed by atoms with E-state index in [2.05, 4.69) is 31.3 Å². The molecule has 0 saturated carbocycles. The van der Waals surface area contributed by atoms with E-state index in [4.69, 9.17) is 16.3 Å². The Hall–Kier alpha value is -3.56. The number of hydrogen-bond acceptors (Lipinski definition) is 5. The fourth-order valence-corrected chi connectivity index (χ4v) is 3.75. The summed E-state index contributed by atoms with van der Waals surface area (Å²) in [5.74, 6) is -0.188. The summed E-state index contributed by atoms with van der Waals surface area (Å²) in [4.78, 5) is 29.3. The molecule has 1 N–H and O–H groups in total. The zero-order chi connectivity index (χ0) is 24.2. The lowest BCUT2D eigenvalue weighted by atomic mass is 10.2. The normalized spacial score (nSPS) is 11.2. The monoisotopic (exact) mass is 542 g/mol. The van der Waals surface area contributed by atoms with Gasteiger partial charge in [-0.25, -0.2) is 9.37 Å². The third-order valence-corrected chi connectivity index (χ3v) is 5.50. The van der Waals surface area contributed by atoms with Crippen LogP contribution in [-0.2, 0) is 4.79 Å². The van der Waals surface area contributed by atoms with Crippen LogP contribution in [0.25, 0.3) is 10.9 Å². The summed E-state index contributed by atoms with van der Waals surface area (Å²) in [6.45, 7) is 1.38. The Bertz CT molecular complexity index is 1490. The Morgan fingerprint density at radius 1 is 1.24 bits per heavy atom. The van der Waals surface area contributed by atoms with Gasteiger partial charge in [-0.1, -0.05) is 33.6 Å². The third-order valence-electron chi connectivity index (χ3n) is 4.72. The number of hydrogen-bond donors (Lipinski definition) is 1. The van der Waals surface area contributed by atoms with Crippen molar-refractivity contribution >= 4 is 56.2 Å².